The Morgan fingerprint density at radius 3 is 2.08 bits per heavy atom. The van der Waals surface area contributed by atoms with Crippen molar-refractivity contribution in [1.82, 2.24) is 10.2 Å². The zero-order chi connectivity index (χ0) is 34.7. The van der Waals surface area contributed by atoms with E-state index < -0.39 is 34.4 Å². The highest BCUT2D eigenvalue weighted by Crippen LogP contribution is 2.33. The van der Waals surface area contributed by atoms with Gasteiger partial charge >= 0.3 is 0 Å². The van der Waals surface area contributed by atoms with E-state index in [0.29, 0.717) is 29.4 Å². The van der Waals surface area contributed by atoms with Gasteiger partial charge in [-0.2, -0.15) is 0 Å². The summed E-state index contributed by atoms with van der Waals surface area (Å²) < 4.78 is 51.5. The van der Waals surface area contributed by atoms with Crippen molar-refractivity contribution < 1.29 is 37.0 Å². The van der Waals surface area contributed by atoms with Gasteiger partial charge in [0, 0.05) is 26.1 Å². The highest BCUT2D eigenvalue weighted by Gasteiger charge is 2.35. The molecule has 1 atom stereocenters. The molecule has 0 aromatic heterocycles. The van der Waals surface area contributed by atoms with Crippen LogP contribution < -0.4 is 28.6 Å². The Bertz CT molecular complexity index is 1780. The second kappa shape index (κ2) is 16.6. The van der Waals surface area contributed by atoms with Gasteiger partial charge in [0.1, 0.15) is 24.1 Å². The number of anilines is 1. The molecule has 4 aromatic rings. The predicted molar refractivity (Wildman–Crippen MR) is 183 cm³/mol. The molecule has 48 heavy (non-hydrogen) atoms. The fourth-order valence-corrected chi connectivity index (χ4v) is 6.63. The van der Waals surface area contributed by atoms with Crippen LogP contribution in [0.3, 0.4) is 0 Å². The lowest BCUT2D eigenvalue weighted by molar-refractivity contribution is -0.139. The average Bonchev–Trinajstić information content (AvgIpc) is 3.12. The monoisotopic (exact) mass is 675 g/mol. The Hall–Kier alpha value is -5.23. The number of benzene rings is 4. The summed E-state index contributed by atoms with van der Waals surface area (Å²) in [7, 11) is 1.53. The van der Waals surface area contributed by atoms with Gasteiger partial charge in [-0.3, -0.25) is 13.9 Å². The maximum atomic E-state index is 14.5. The predicted octanol–water partition coefficient (Wildman–Crippen LogP) is 4.69. The Morgan fingerprint density at radius 2 is 1.46 bits per heavy atom. The van der Waals surface area contributed by atoms with Gasteiger partial charge in [0.15, 0.2) is 11.5 Å². The molecule has 4 rings (SSSR count). The van der Waals surface area contributed by atoms with Gasteiger partial charge in [0.25, 0.3) is 10.0 Å². The second-order valence-electron chi connectivity index (χ2n) is 10.6. The molecular weight excluding hydrogens is 634 g/mol. The van der Waals surface area contributed by atoms with Crippen molar-refractivity contribution in [3.8, 4) is 23.0 Å². The summed E-state index contributed by atoms with van der Waals surface area (Å²) in [6.07, 6.45) is 0.196. The minimum Gasteiger partial charge on any atom is -0.497 e. The first-order valence-corrected chi connectivity index (χ1v) is 16.7. The number of nitrogens with one attached hydrogen (secondary N) is 1. The summed E-state index contributed by atoms with van der Waals surface area (Å²) in [5.41, 5.74) is 1.75. The molecule has 0 radical (unpaired) electrons. The highest BCUT2D eigenvalue weighted by molar-refractivity contribution is 7.92. The van der Waals surface area contributed by atoms with Gasteiger partial charge < -0.3 is 29.2 Å². The molecule has 0 aliphatic rings. The van der Waals surface area contributed by atoms with Crippen LogP contribution in [0.4, 0.5) is 5.69 Å². The lowest BCUT2D eigenvalue weighted by atomic mass is 10.0. The summed E-state index contributed by atoms with van der Waals surface area (Å²) in [4.78, 5) is 29.3. The number of rotatable bonds is 16. The van der Waals surface area contributed by atoms with E-state index >= 15 is 0 Å². The molecule has 0 saturated heterocycles. The quantitative estimate of drug-likeness (QED) is 0.182. The molecule has 254 valence electrons. The van der Waals surface area contributed by atoms with E-state index in [9.17, 15) is 18.0 Å². The van der Waals surface area contributed by atoms with Crippen LogP contribution in [0.15, 0.2) is 102 Å². The van der Waals surface area contributed by atoms with Crippen molar-refractivity contribution in [3.63, 3.8) is 0 Å². The maximum Gasteiger partial charge on any atom is 0.264 e. The van der Waals surface area contributed by atoms with Gasteiger partial charge in [-0.25, -0.2) is 8.42 Å². The molecule has 0 fully saturated rings. The zero-order valence-electron chi connectivity index (χ0n) is 27.7. The van der Waals surface area contributed by atoms with Crippen LogP contribution in [-0.2, 0) is 32.6 Å². The number of hydrogen-bond acceptors (Lipinski definition) is 8. The number of carbonyl (C=O) groups is 2. The van der Waals surface area contributed by atoms with E-state index in [1.54, 1.807) is 49.6 Å². The fourth-order valence-electron chi connectivity index (χ4n) is 5.20. The van der Waals surface area contributed by atoms with Gasteiger partial charge in [0.2, 0.25) is 11.8 Å². The third-order valence-electron chi connectivity index (χ3n) is 7.66. The van der Waals surface area contributed by atoms with Crippen LogP contribution in [0.25, 0.3) is 0 Å². The molecule has 0 saturated carbocycles. The van der Waals surface area contributed by atoms with Gasteiger partial charge in [-0.1, -0.05) is 42.5 Å². The third-order valence-corrected chi connectivity index (χ3v) is 9.43. The van der Waals surface area contributed by atoms with E-state index in [1.807, 2.05) is 43.3 Å². The highest BCUT2D eigenvalue weighted by atomic mass is 32.2. The summed E-state index contributed by atoms with van der Waals surface area (Å²) in [5, 5.41) is 2.68. The number of ether oxygens (including phenoxy) is 4. The topological polar surface area (TPSA) is 124 Å². The van der Waals surface area contributed by atoms with Gasteiger partial charge in [-0.15, -0.1) is 0 Å². The number of carbonyl (C=O) groups excluding carboxylic acids is 2. The number of likely N-dealkylation sites (N-methyl/N-ethyl adjacent to an activating group) is 1. The summed E-state index contributed by atoms with van der Waals surface area (Å²) >= 11 is 0. The smallest absolute Gasteiger partial charge is 0.264 e. The van der Waals surface area contributed by atoms with Crippen molar-refractivity contribution >= 4 is 27.5 Å². The molecule has 0 bridgehead atoms. The molecule has 0 aliphatic carbocycles. The number of nitrogens with zero attached hydrogens (tertiary/aromatic N) is 2. The van der Waals surface area contributed by atoms with Crippen molar-refractivity contribution in [1.29, 1.82) is 0 Å². The molecule has 2 amide bonds. The Labute approximate surface area is 282 Å². The summed E-state index contributed by atoms with van der Waals surface area (Å²) in [5.74, 6) is 0.674. The summed E-state index contributed by atoms with van der Waals surface area (Å²) in [6, 6.07) is 26.1. The van der Waals surface area contributed by atoms with Crippen LogP contribution in [0.1, 0.15) is 18.1 Å². The molecule has 11 nitrogen and oxygen atoms in total. The molecule has 0 heterocycles. The van der Waals surface area contributed by atoms with Crippen LogP contribution >= 0.6 is 0 Å². The first-order valence-electron chi connectivity index (χ1n) is 15.3. The Kier molecular flexibility index (Phi) is 12.3. The van der Waals surface area contributed by atoms with E-state index in [0.717, 1.165) is 9.87 Å². The molecule has 0 aliphatic heterocycles. The fraction of sp³-hybridized carbons (Fsp3) is 0.278. The van der Waals surface area contributed by atoms with Crippen molar-refractivity contribution in [2.45, 2.75) is 30.8 Å². The standard InChI is InChI=1S/C36H41N3O8S/c1-6-47-29-17-15-28(16-18-29)39(48(42,43)31-19-20-33(45-4)34(23-31)46-5)25-35(40)38(24-27-13-10-14-30(21-27)44-3)32(36(41)37-2)22-26-11-8-7-9-12-26/h7-21,23,32H,6,22,24-25H2,1-5H3,(H,37,41)/t32-/m0/s1. The Balaban J connectivity index is 1.82. The number of hydrogen-bond donors (Lipinski definition) is 1. The van der Waals surface area contributed by atoms with Crippen LogP contribution in [0, 0.1) is 0 Å². The SMILES string of the molecule is CCOc1ccc(N(CC(=O)N(Cc2cccc(OC)c2)[C@@H](Cc2ccccc2)C(=O)NC)S(=O)(=O)c2ccc(OC)c(OC)c2)cc1. The maximum absolute atomic E-state index is 14.5. The molecular formula is C36H41N3O8S. The molecule has 12 heteroatoms. The van der Waals surface area contributed by atoms with Crippen molar-refractivity contribution in [3.05, 3.63) is 108 Å². The van der Waals surface area contributed by atoms with Gasteiger partial charge in [-0.05, 0) is 66.6 Å². The van der Waals surface area contributed by atoms with Crippen molar-refractivity contribution in [2.75, 3.05) is 45.8 Å². The third kappa shape index (κ3) is 8.56. The zero-order valence-corrected chi connectivity index (χ0v) is 28.5. The van der Waals surface area contributed by atoms with Crippen LogP contribution in [0.5, 0.6) is 23.0 Å². The van der Waals surface area contributed by atoms with Crippen LogP contribution in [-0.4, -0.2) is 72.7 Å². The lowest BCUT2D eigenvalue weighted by Gasteiger charge is -2.33. The van der Waals surface area contributed by atoms with E-state index in [4.69, 9.17) is 18.9 Å². The minimum atomic E-state index is -4.37. The molecule has 4 aromatic carbocycles. The average molecular weight is 676 g/mol. The largest absolute Gasteiger partial charge is 0.497 e. The second-order valence-corrected chi connectivity index (χ2v) is 12.5. The lowest BCUT2D eigenvalue weighted by Crippen LogP contribution is -2.53. The van der Waals surface area contributed by atoms with E-state index in [1.165, 1.54) is 44.4 Å². The summed E-state index contributed by atoms with van der Waals surface area (Å²) in [6.45, 7) is 1.66. The van der Waals surface area contributed by atoms with Gasteiger partial charge in [0.05, 0.1) is 38.5 Å². The minimum absolute atomic E-state index is 0.00841. The molecule has 1 N–H and O–H groups in total. The molecule has 0 spiro atoms. The van der Waals surface area contributed by atoms with E-state index in [-0.39, 0.29) is 29.3 Å². The number of amides is 2. The molecule has 0 unspecified atom stereocenters. The van der Waals surface area contributed by atoms with Crippen molar-refractivity contribution in [2.24, 2.45) is 0 Å². The first kappa shape index (κ1) is 35.6. The number of sulfonamides is 1. The first-order chi connectivity index (χ1) is 23.1. The Morgan fingerprint density at radius 1 is 0.771 bits per heavy atom. The van der Waals surface area contributed by atoms with Crippen LogP contribution in [0.2, 0.25) is 0 Å². The van der Waals surface area contributed by atoms with E-state index in [2.05, 4.69) is 5.32 Å². The normalized spacial score (nSPS) is 11.6. The number of methoxy groups -OCH3 is 3.